The zero-order chi connectivity index (χ0) is 13.8. The molecule has 2 aromatic rings. The molecule has 3 rings (SSSR count). The molecule has 1 N–H and O–H groups in total. The van der Waals surface area contributed by atoms with E-state index in [4.69, 9.17) is 0 Å². The van der Waals surface area contributed by atoms with Gasteiger partial charge in [0.1, 0.15) is 0 Å². The van der Waals surface area contributed by atoms with E-state index in [1.54, 1.807) is 0 Å². The van der Waals surface area contributed by atoms with Crippen molar-refractivity contribution >= 4 is 5.69 Å². The zero-order valence-corrected chi connectivity index (χ0v) is 12.0. The summed E-state index contributed by atoms with van der Waals surface area (Å²) >= 11 is 0. The first-order valence-corrected chi connectivity index (χ1v) is 7.50. The highest BCUT2D eigenvalue weighted by Crippen LogP contribution is 2.32. The second-order valence-electron chi connectivity index (χ2n) is 5.30. The number of para-hydroxylation sites is 1. The topological polar surface area (TPSA) is 15.3 Å². The lowest BCUT2D eigenvalue weighted by atomic mass is 9.97. The largest absolute Gasteiger partial charge is 0.365 e. The molecule has 1 aliphatic heterocycles. The van der Waals surface area contributed by atoms with E-state index in [9.17, 15) is 0 Å². The van der Waals surface area contributed by atoms with E-state index in [1.165, 1.54) is 16.8 Å². The number of hydrogen-bond donors (Lipinski definition) is 1. The van der Waals surface area contributed by atoms with Crippen molar-refractivity contribution in [3.8, 4) is 0 Å². The van der Waals surface area contributed by atoms with Crippen molar-refractivity contribution in [3.63, 3.8) is 0 Å². The second kappa shape index (κ2) is 6.10. The molecule has 0 fully saturated rings. The molecule has 0 aliphatic carbocycles. The molecule has 104 valence electrons. The summed E-state index contributed by atoms with van der Waals surface area (Å²) in [5.74, 6) is 0. The summed E-state index contributed by atoms with van der Waals surface area (Å²) < 4.78 is 0. The molecule has 0 saturated heterocycles. The van der Waals surface area contributed by atoms with Crippen molar-refractivity contribution < 1.29 is 0 Å². The first-order chi connectivity index (χ1) is 9.90. The Morgan fingerprint density at radius 3 is 2.60 bits per heavy atom. The summed E-state index contributed by atoms with van der Waals surface area (Å²) in [6, 6.07) is 20.1. The van der Waals surface area contributed by atoms with Gasteiger partial charge in [-0.25, -0.2) is 0 Å². The van der Waals surface area contributed by atoms with Crippen LogP contribution in [0.25, 0.3) is 0 Å². The molecule has 0 aromatic heterocycles. The summed E-state index contributed by atoms with van der Waals surface area (Å²) in [5, 5.41) is 3.54. The van der Waals surface area contributed by atoms with Crippen molar-refractivity contribution in [2.24, 2.45) is 0 Å². The van der Waals surface area contributed by atoms with Crippen LogP contribution >= 0.6 is 0 Å². The maximum atomic E-state index is 3.54. The minimum absolute atomic E-state index is 0.466. The van der Waals surface area contributed by atoms with E-state index < -0.39 is 0 Å². The molecule has 1 atom stereocenters. The zero-order valence-electron chi connectivity index (χ0n) is 12.0. The Morgan fingerprint density at radius 2 is 1.80 bits per heavy atom. The van der Waals surface area contributed by atoms with Crippen LogP contribution in [-0.4, -0.2) is 13.1 Å². The third kappa shape index (κ3) is 2.56. The molecule has 20 heavy (non-hydrogen) atoms. The average molecular weight is 266 g/mol. The van der Waals surface area contributed by atoms with Gasteiger partial charge in [0.15, 0.2) is 0 Å². The molecule has 2 heteroatoms. The summed E-state index contributed by atoms with van der Waals surface area (Å²) in [5.41, 5.74) is 4.23. The van der Waals surface area contributed by atoms with Crippen LogP contribution < -0.4 is 10.2 Å². The number of nitrogens with one attached hydrogen (secondary N) is 1. The predicted octanol–water partition coefficient (Wildman–Crippen LogP) is 3.75. The number of rotatable bonds is 3. The summed E-state index contributed by atoms with van der Waals surface area (Å²) in [6.45, 7) is 5.33. The number of benzene rings is 2. The standard InChI is InChI=1S/C18H22N2/c1-2-20(16-9-4-3-5-10-16)18-12-13-19-14-15-8-6-7-11-17(15)18/h3-11,18-19H,2,12-14H2,1H3. The van der Waals surface area contributed by atoms with Crippen LogP contribution in [-0.2, 0) is 6.54 Å². The van der Waals surface area contributed by atoms with Gasteiger partial charge in [0.05, 0.1) is 6.04 Å². The van der Waals surface area contributed by atoms with Crippen molar-refractivity contribution in [2.75, 3.05) is 18.0 Å². The smallest absolute Gasteiger partial charge is 0.0557 e. The average Bonchev–Trinajstić information content (AvgIpc) is 2.72. The predicted molar refractivity (Wildman–Crippen MR) is 85.0 cm³/mol. The molecule has 0 bridgehead atoms. The van der Waals surface area contributed by atoms with E-state index >= 15 is 0 Å². The first kappa shape index (κ1) is 13.2. The fraction of sp³-hybridized carbons (Fsp3) is 0.333. The third-order valence-corrected chi connectivity index (χ3v) is 4.13. The van der Waals surface area contributed by atoms with Gasteiger partial charge in [-0.1, -0.05) is 42.5 Å². The SMILES string of the molecule is CCN(c1ccccc1)C1CCNCc2ccccc21. The third-order valence-electron chi connectivity index (χ3n) is 4.13. The lowest BCUT2D eigenvalue weighted by Crippen LogP contribution is -2.29. The maximum absolute atomic E-state index is 3.54. The van der Waals surface area contributed by atoms with Crippen LogP contribution in [0.5, 0.6) is 0 Å². The lowest BCUT2D eigenvalue weighted by Gasteiger charge is -2.33. The van der Waals surface area contributed by atoms with Gasteiger partial charge < -0.3 is 10.2 Å². The first-order valence-electron chi connectivity index (χ1n) is 7.50. The van der Waals surface area contributed by atoms with Crippen LogP contribution in [0.2, 0.25) is 0 Å². The molecule has 1 heterocycles. The summed E-state index contributed by atoms with van der Waals surface area (Å²) in [4.78, 5) is 2.52. The van der Waals surface area contributed by atoms with Gasteiger partial charge in [0.25, 0.3) is 0 Å². The van der Waals surface area contributed by atoms with Crippen LogP contribution in [0.15, 0.2) is 54.6 Å². The number of fused-ring (bicyclic) bond motifs is 1. The number of nitrogens with zero attached hydrogens (tertiary/aromatic N) is 1. The lowest BCUT2D eigenvalue weighted by molar-refractivity contribution is 0.570. The molecule has 2 aromatic carbocycles. The Labute approximate surface area is 121 Å². The van der Waals surface area contributed by atoms with E-state index in [1.807, 2.05) is 0 Å². The molecule has 0 spiro atoms. The van der Waals surface area contributed by atoms with Crippen LogP contribution in [0.4, 0.5) is 5.69 Å². The van der Waals surface area contributed by atoms with Gasteiger partial charge in [-0.15, -0.1) is 0 Å². The molecule has 1 unspecified atom stereocenters. The van der Waals surface area contributed by atoms with Crippen molar-refractivity contribution in [1.82, 2.24) is 5.32 Å². The molecular weight excluding hydrogens is 244 g/mol. The summed E-state index contributed by atoms with van der Waals surface area (Å²) in [7, 11) is 0. The minimum Gasteiger partial charge on any atom is -0.365 e. The monoisotopic (exact) mass is 266 g/mol. The molecule has 0 amide bonds. The van der Waals surface area contributed by atoms with Crippen molar-refractivity contribution in [3.05, 3.63) is 65.7 Å². The van der Waals surface area contributed by atoms with E-state index in [2.05, 4.69) is 71.7 Å². The van der Waals surface area contributed by atoms with E-state index in [0.29, 0.717) is 6.04 Å². The highest BCUT2D eigenvalue weighted by atomic mass is 15.2. The Hall–Kier alpha value is -1.80. The molecule has 1 aliphatic rings. The summed E-state index contributed by atoms with van der Waals surface area (Å²) in [6.07, 6.45) is 1.15. The molecule has 0 saturated carbocycles. The second-order valence-corrected chi connectivity index (χ2v) is 5.30. The number of hydrogen-bond acceptors (Lipinski definition) is 2. The van der Waals surface area contributed by atoms with Crippen molar-refractivity contribution in [1.29, 1.82) is 0 Å². The van der Waals surface area contributed by atoms with Gasteiger partial charge >= 0.3 is 0 Å². The van der Waals surface area contributed by atoms with Crippen LogP contribution in [0.1, 0.15) is 30.5 Å². The fourth-order valence-electron chi connectivity index (χ4n) is 3.16. The Kier molecular flexibility index (Phi) is 4.03. The van der Waals surface area contributed by atoms with Gasteiger partial charge in [0.2, 0.25) is 0 Å². The molecule has 2 nitrogen and oxygen atoms in total. The van der Waals surface area contributed by atoms with Gasteiger partial charge in [0, 0.05) is 18.8 Å². The minimum atomic E-state index is 0.466. The number of anilines is 1. The quantitative estimate of drug-likeness (QED) is 0.910. The van der Waals surface area contributed by atoms with Crippen molar-refractivity contribution in [2.45, 2.75) is 25.9 Å². The molecular formula is C18H22N2. The Morgan fingerprint density at radius 1 is 1.05 bits per heavy atom. The van der Waals surface area contributed by atoms with Gasteiger partial charge in [-0.05, 0) is 43.1 Å². The van der Waals surface area contributed by atoms with Crippen LogP contribution in [0.3, 0.4) is 0 Å². The van der Waals surface area contributed by atoms with Crippen LogP contribution in [0, 0.1) is 0 Å². The van der Waals surface area contributed by atoms with E-state index in [0.717, 1.165) is 26.1 Å². The Balaban J connectivity index is 1.99. The van der Waals surface area contributed by atoms with E-state index in [-0.39, 0.29) is 0 Å². The fourth-order valence-corrected chi connectivity index (χ4v) is 3.16. The normalized spacial score (nSPS) is 18.1. The highest BCUT2D eigenvalue weighted by Gasteiger charge is 2.23. The molecule has 0 radical (unpaired) electrons. The van der Waals surface area contributed by atoms with Gasteiger partial charge in [-0.2, -0.15) is 0 Å². The maximum Gasteiger partial charge on any atom is 0.0557 e. The highest BCUT2D eigenvalue weighted by molar-refractivity contribution is 5.50. The Bertz CT molecular complexity index is 550. The van der Waals surface area contributed by atoms with Gasteiger partial charge in [-0.3, -0.25) is 0 Å².